The molecule has 0 N–H and O–H groups in total. The topological polar surface area (TPSA) is 38.7 Å². The fourth-order valence-electron chi connectivity index (χ4n) is 1.81. The van der Waals surface area contributed by atoms with Crippen LogP contribution < -0.4 is 0 Å². The minimum Gasteiger partial charge on any atom is -0.265 e. The van der Waals surface area contributed by atoms with Gasteiger partial charge in [0, 0.05) is 24.8 Å². The lowest BCUT2D eigenvalue weighted by atomic mass is 10.1. The molecule has 0 saturated heterocycles. The molecule has 0 amide bonds. The van der Waals surface area contributed by atoms with Gasteiger partial charge in [0.25, 0.3) is 0 Å². The molecule has 18 heavy (non-hydrogen) atoms. The van der Waals surface area contributed by atoms with Crippen molar-refractivity contribution >= 4 is 0 Å². The molecule has 3 aromatic rings. The van der Waals surface area contributed by atoms with Gasteiger partial charge in [0.1, 0.15) is 0 Å². The third kappa shape index (κ3) is 2.11. The van der Waals surface area contributed by atoms with E-state index in [0.29, 0.717) is 0 Å². The number of hydrogen-bond acceptors (Lipinski definition) is 3. The SMILES string of the molecule is c1ccc(-c2cc(-c3ccncc3)ccn2)nc1. The van der Waals surface area contributed by atoms with Crippen molar-refractivity contribution in [2.75, 3.05) is 0 Å². The molecule has 0 bridgehead atoms. The van der Waals surface area contributed by atoms with E-state index in [2.05, 4.69) is 15.0 Å². The van der Waals surface area contributed by atoms with Gasteiger partial charge in [0.2, 0.25) is 0 Å². The third-order valence-corrected chi connectivity index (χ3v) is 2.70. The van der Waals surface area contributed by atoms with Crippen LogP contribution >= 0.6 is 0 Å². The summed E-state index contributed by atoms with van der Waals surface area (Å²) in [5.41, 5.74) is 4.01. The van der Waals surface area contributed by atoms with Crippen molar-refractivity contribution in [2.24, 2.45) is 0 Å². The van der Waals surface area contributed by atoms with E-state index in [1.165, 1.54) is 0 Å². The van der Waals surface area contributed by atoms with Crippen molar-refractivity contribution in [3.05, 3.63) is 67.3 Å². The first kappa shape index (κ1) is 10.6. The molecule has 0 radical (unpaired) electrons. The molecule has 3 heterocycles. The van der Waals surface area contributed by atoms with Gasteiger partial charge in [-0.1, -0.05) is 6.07 Å². The summed E-state index contributed by atoms with van der Waals surface area (Å²) in [4.78, 5) is 12.7. The second kappa shape index (κ2) is 4.75. The third-order valence-electron chi connectivity index (χ3n) is 2.70. The summed E-state index contributed by atoms with van der Waals surface area (Å²) in [6.07, 6.45) is 7.16. The fourth-order valence-corrected chi connectivity index (χ4v) is 1.81. The molecule has 0 aliphatic heterocycles. The Morgan fingerprint density at radius 1 is 0.611 bits per heavy atom. The number of aromatic nitrogens is 3. The van der Waals surface area contributed by atoms with Crippen molar-refractivity contribution in [1.82, 2.24) is 15.0 Å². The van der Waals surface area contributed by atoms with Crippen molar-refractivity contribution in [2.45, 2.75) is 0 Å². The molecule has 3 aromatic heterocycles. The van der Waals surface area contributed by atoms with Crippen LogP contribution in [0.1, 0.15) is 0 Å². The summed E-state index contributed by atoms with van der Waals surface area (Å²) in [6, 6.07) is 13.8. The van der Waals surface area contributed by atoms with Crippen molar-refractivity contribution < 1.29 is 0 Å². The molecule has 0 aliphatic carbocycles. The maximum Gasteiger partial charge on any atom is 0.0892 e. The second-order valence-corrected chi connectivity index (χ2v) is 3.88. The molecule has 3 heteroatoms. The minimum absolute atomic E-state index is 0.880. The summed E-state index contributed by atoms with van der Waals surface area (Å²) < 4.78 is 0. The largest absolute Gasteiger partial charge is 0.265 e. The predicted octanol–water partition coefficient (Wildman–Crippen LogP) is 3.21. The van der Waals surface area contributed by atoms with Crippen LogP contribution in [-0.4, -0.2) is 15.0 Å². The van der Waals surface area contributed by atoms with Crippen LogP contribution in [-0.2, 0) is 0 Å². The maximum atomic E-state index is 4.36. The van der Waals surface area contributed by atoms with E-state index in [9.17, 15) is 0 Å². The molecular formula is C15H11N3. The highest BCUT2D eigenvalue weighted by atomic mass is 14.8. The molecule has 0 aliphatic rings. The Morgan fingerprint density at radius 3 is 2.17 bits per heavy atom. The molecule has 0 saturated carbocycles. The van der Waals surface area contributed by atoms with E-state index >= 15 is 0 Å². The summed E-state index contributed by atoms with van der Waals surface area (Å²) in [5, 5.41) is 0. The molecule has 0 fully saturated rings. The molecular weight excluding hydrogens is 222 g/mol. The Bertz CT molecular complexity index is 581. The first-order valence-corrected chi connectivity index (χ1v) is 5.71. The standard InChI is InChI=1S/C15H11N3/c1-2-7-17-14(3-1)15-11-13(6-10-18-15)12-4-8-16-9-5-12/h1-11H. The highest BCUT2D eigenvalue weighted by Crippen LogP contribution is 2.22. The van der Waals surface area contributed by atoms with Gasteiger partial charge in [0.05, 0.1) is 11.4 Å². The van der Waals surface area contributed by atoms with Crippen LogP contribution in [0.25, 0.3) is 22.5 Å². The van der Waals surface area contributed by atoms with Gasteiger partial charge in [-0.05, 0) is 47.5 Å². The fraction of sp³-hybridized carbons (Fsp3) is 0. The van der Waals surface area contributed by atoms with Crippen LogP contribution in [0.15, 0.2) is 67.3 Å². The smallest absolute Gasteiger partial charge is 0.0892 e. The van der Waals surface area contributed by atoms with Gasteiger partial charge < -0.3 is 0 Å². The average molecular weight is 233 g/mol. The second-order valence-electron chi connectivity index (χ2n) is 3.88. The molecule has 0 aromatic carbocycles. The first-order chi connectivity index (χ1) is 8.93. The van der Waals surface area contributed by atoms with Crippen LogP contribution in [0.5, 0.6) is 0 Å². The highest BCUT2D eigenvalue weighted by molar-refractivity contribution is 5.68. The lowest BCUT2D eigenvalue weighted by Gasteiger charge is -2.04. The first-order valence-electron chi connectivity index (χ1n) is 5.71. The van der Waals surface area contributed by atoms with Crippen molar-refractivity contribution in [3.8, 4) is 22.5 Å². The average Bonchev–Trinajstić information content (AvgIpc) is 2.49. The molecule has 86 valence electrons. The van der Waals surface area contributed by atoms with Gasteiger partial charge in [-0.15, -0.1) is 0 Å². The van der Waals surface area contributed by atoms with E-state index in [-0.39, 0.29) is 0 Å². The number of rotatable bonds is 2. The predicted molar refractivity (Wildman–Crippen MR) is 70.7 cm³/mol. The maximum absolute atomic E-state index is 4.36. The van der Waals surface area contributed by atoms with Gasteiger partial charge in [-0.25, -0.2) is 0 Å². The Balaban J connectivity index is 2.05. The number of hydrogen-bond donors (Lipinski definition) is 0. The van der Waals surface area contributed by atoms with Crippen LogP contribution in [0.2, 0.25) is 0 Å². The van der Waals surface area contributed by atoms with Crippen LogP contribution in [0.4, 0.5) is 0 Å². The van der Waals surface area contributed by atoms with Crippen LogP contribution in [0, 0.1) is 0 Å². The number of pyridine rings is 3. The monoisotopic (exact) mass is 233 g/mol. The Hall–Kier alpha value is -2.55. The van der Waals surface area contributed by atoms with Gasteiger partial charge >= 0.3 is 0 Å². The Kier molecular flexibility index (Phi) is 2.80. The van der Waals surface area contributed by atoms with Gasteiger partial charge in [-0.3, -0.25) is 15.0 Å². The zero-order chi connectivity index (χ0) is 12.2. The summed E-state index contributed by atoms with van der Waals surface area (Å²) in [6.45, 7) is 0. The van der Waals surface area contributed by atoms with E-state index in [0.717, 1.165) is 22.5 Å². The number of nitrogens with zero attached hydrogens (tertiary/aromatic N) is 3. The summed E-state index contributed by atoms with van der Waals surface area (Å²) in [5.74, 6) is 0. The van der Waals surface area contributed by atoms with Crippen molar-refractivity contribution in [1.29, 1.82) is 0 Å². The van der Waals surface area contributed by atoms with Gasteiger partial charge in [0.15, 0.2) is 0 Å². The molecule has 3 nitrogen and oxygen atoms in total. The lowest BCUT2D eigenvalue weighted by molar-refractivity contribution is 1.25. The van der Waals surface area contributed by atoms with E-state index in [1.807, 2.05) is 42.5 Å². The Labute approximate surface area is 105 Å². The van der Waals surface area contributed by atoms with E-state index in [1.54, 1.807) is 24.8 Å². The Morgan fingerprint density at radius 2 is 1.39 bits per heavy atom. The highest BCUT2D eigenvalue weighted by Gasteiger charge is 2.02. The molecule has 0 spiro atoms. The van der Waals surface area contributed by atoms with Crippen LogP contribution in [0.3, 0.4) is 0 Å². The van der Waals surface area contributed by atoms with Gasteiger partial charge in [-0.2, -0.15) is 0 Å². The summed E-state index contributed by atoms with van der Waals surface area (Å²) >= 11 is 0. The zero-order valence-electron chi connectivity index (χ0n) is 9.69. The normalized spacial score (nSPS) is 10.2. The minimum atomic E-state index is 0.880. The molecule has 0 unspecified atom stereocenters. The lowest BCUT2D eigenvalue weighted by Crippen LogP contribution is -1.87. The summed E-state index contributed by atoms with van der Waals surface area (Å²) in [7, 11) is 0. The van der Waals surface area contributed by atoms with Crippen molar-refractivity contribution in [3.63, 3.8) is 0 Å². The molecule has 0 atom stereocenters. The van der Waals surface area contributed by atoms with E-state index in [4.69, 9.17) is 0 Å². The zero-order valence-corrected chi connectivity index (χ0v) is 9.69. The quantitative estimate of drug-likeness (QED) is 0.682. The molecule has 3 rings (SSSR count). The van der Waals surface area contributed by atoms with E-state index < -0.39 is 0 Å².